The molecule has 0 bridgehead atoms. The summed E-state index contributed by atoms with van der Waals surface area (Å²) in [6, 6.07) is 18.7. The van der Waals surface area contributed by atoms with Crippen molar-refractivity contribution in [2.75, 3.05) is 11.9 Å². The zero-order valence-electron chi connectivity index (χ0n) is 17.5. The third-order valence-corrected chi connectivity index (χ3v) is 5.93. The normalized spacial score (nSPS) is 11.9. The largest absolute Gasteiger partial charge is 0.505 e. The van der Waals surface area contributed by atoms with Gasteiger partial charge in [0, 0.05) is 27.2 Å². The van der Waals surface area contributed by atoms with Gasteiger partial charge in [0.1, 0.15) is 11.3 Å². The summed E-state index contributed by atoms with van der Waals surface area (Å²) >= 11 is 1.60. The summed E-state index contributed by atoms with van der Waals surface area (Å²) in [5.74, 6) is -0.183. The average Bonchev–Trinajstić information content (AvgIpc) is 3.32. The zero-order valence-corrected chi connectivity index (χ0v) is 18.3. The third-order valence-electron chi connectivity index (χ3n) is 4.99. The van der Waals surface area contributed by atoms with Gasteiger partial charge in [-0.15, -0.1) is 11.3 Å². The molecular formula is C25H24N2O3S. The maximum absolute atomic E-state index is 12.3. The van der Waals surface area contributed by atoms with E-state index in [0.29, 0.717) is 17.7 Å². The molecule has 2 aromatic heterocycles. The number of carbonyl (C=O) groups excluding carboxylic acids is 1. The van der Waals surface area contributed by atoms with Crippen molar-refractivity contribution in [3.05, 3.63) is 87.7 Å². The molecule has 2 N–H and O–H groups in total. The third kappa shape index (κ3) is 4.54. The molecular weight excluding hydrogens is 408 g/mol. The van der Waals surface area contributed by atoms with E-state index in [1.165, 1.54) is 0 Å². The number of hydrogen-bond acceptors (Lipinski definition) is 6. The van der Waals surface area contributed by atoms with Gasteiger partial charge in [-0.25, -0.2) is 9.78 Å². The second-order valence-corrected chi connectivity index (χ2v) is 8.32. The number of aromatic nitrogens is 1. The summed E-state index contributed by atoms with van der Waals surface area (Å²) in [6.45, 7) is 4.26. The van der Waals surface area contributed by atoms with E-state index in [1.807, 2.05) is 67.8 Å². The van der Waals surface area contributed by atoms with Crippen molar-refractivity contribution in [2.45, 2.75) is 26.3 Å². The Labute approximate surface area is 185 Å². The number of esters is 1. The van der Waals surface area contributed by atoms with Crippen LogP contribution < -0.4 is 5.32 Å². The fourth-order valence-corrected chi connectivity index (χ4v) is 4.25. The van der Waals surface area contributed by atoms with Crippen molar-refractivity contribution < 1.29 is 14.6 Å². The maximum Gasteiger partial charge on any atom is 0.338 e. The summed E-state index contributed by atoms with van der Waals surface area (Å²) in [5, 5.41) is 17.5. The number of anilines is 1. The van der Waals surface area contributed by atoms with Gasteiger partial charge in [0.05, 0.1) is 18.2 Å². The van der Waals surface area contributed by atoms with Crippen LogP contribution in [0.25, 0.3) is 10.9 Å². The highest BCUT2D eigenvalue weighted by molar-refractivity contribution is 7.10. The van der Waals surface area contributed by atoms with Crippen LogP contribution in [0.5, 0.6) is 5.75 Å². The smallest absolute Gasteiger partial charge is 0.338 e. The first-order valence-electron chi connectivity index (χ1n) is 10.2. The molecule has 0 saturated carbocycles. The van der Waals surface area contributed by atoms with Crippen molar-refractivity contribution >= 4 is 33.9 Å². The molecule has 0 fully saturated rings. The number of phenolic OH excluding ortho intramolecular Hbond substituents is 1. The van der Waals surface area contributed by atoms with E-state index in [2.05, 4.69) is 10.3 Å². The lowest BCUT2D eigenvalue weighted by molar-refractivity contribution is 0.0505. The van der Waals surface area contributed by atoms with Crippen molar-refractivity contribution in [2.24, 2.45) is 0 Å². The van der Waals surface area contributed by atoms with E-state index in [4.69, 9.17) is 4.74 Å². The summed E-state index contributed by atoms with van der Waals surface area (Å²) in [7, 11) is 0. The van der Waals surface area contributed by atoms with Gasteiger partial charge in [0.25, 0.3) is 0 Å². The molecule has 0 aliphatic rings. The van der Waals surface area contributed by atoms with Crippen molar-refractivity contribution in [1.29, 1.82) is 0 Å². The van der Waals surface area contributed by atoms with Gasteiger partial charge in [0.15, 0.2) is 0 Å². The predicted octanol–water partition coefficient (Wildman–Crippen LogP) is 6.08. The van der Waals surface area contributed by atoms with Gasteiger partial charge in [-0.2, -0.15) is 0 Å². The predicted molar refractivity (Wildman–Crippen MR) is 125 cm³/mol. The van der Waals surface area contributed by atoms with Crippen LogP contribution in [-0.2, 0) is 4.74 Å². The van der Waals surface area contributed by atoms with E-state index in [0.717, 1.165) is 33.6 Å². The van der Waals surface area contributed by atoms with Crippen molar-refractivity contribution in [3.63, 3.8) is 0 Å². The summed E-state index contributed by atoms with van der Waals surface area (Å²) in [5.41, 5.74) is 3.41. The van der Waals surface area contributed by atoms with E-state index in [1.54, 1.807) is 23.5 Å². The van der Waals surface area contributed by atoms with E-state index < -0.39 is 0 Å². The average molecular weight is 433 g/mol. The number of aryl methyl sites for hydroxylation is 1. The number of ether oxygens (including phenoxy) is 1. The molecule has 1 unspecified atom stereocenters. The number of nitrogens with one attached hydrogen (secondary N) is 1. The molecule has 0 spiro atoms. The van der Waals surface area contributed by atoms with Crippen molar-refractivity contribution in [1.82, 2.24) is 4.98 Å². The van der Waals surface area contributed by atoms with E-state index >= 15 is 0 Å². The minimum atomic E-state index is -0.341. The summed E-state index contributed by atoms with van der Waals surface area (Å²) in [4.78, 5) is 17.9. The Kier molecular flexibility index (Phi) is 6.18. The number of thiophene rings is 1. The van der Waals surface area contributed by atoms with Crippen LogP contribution in [0, 0.1) is 6.92 Å². The Bertz CT molecular complexity index is 1200. The number of pyridine rings is 1. The number of aromatic hydroxyl groups is 1. The molecule has 158 valence electrons. The molecule has 1 atom stereocenters. The number of carbonyl (C=O) groups is 1. The first-order valence-corrected chi connectivity index (χ1v) is 11.1. The molecule has 5 nitrogen and oxygen atoms in total. The van der Waals surface area contributed by atoms with Gasteiger partial charge in [0.2, 0.25) is 0 Å². The van der Waals surface area contributed by atoms with Crippen LogP contribution in [0.3, 0.4) is 0 Å². The Morgan fingerprint density at radius 1 is 1.16 bits per heavy atom. The Morgan fingerprint density at radius 3 is 2.77 bits per heavy atom. The molecule has 0 aliphatic heterocycles. The lowest BCUT2D eigenvalue weighted by Crippen LogP contribution is -2.12. The molecule has 4 rings (SSSR count). The minimum absolute atomic E-state index is 0.158. The molecule has 0 radical (unpaired) electrons. The fourth-order valence-electron chi connectivity index (χ4n) is 3.46. The number of rotatable bonds is 7. The highest BCUT2D eigenvalue weighted by atomic mass is 32.1. The van der Waals surface area contributed by atoms with Crippen LogP contribution in [-0.4, -0.2) is 22.7 Å². The molecule has 6 heteroatoms. The lowest BCUT2D eigenvalue weighted by atomic mass is 10.0. The second-order valence-electron chi connectivity index (χ2n) is 7.34. The fraction of sp³-hybridized carbons (Fsp3) is 0.200. The van der Waals surface area contributed by atoms with Crippen LogP contribution in [0.15, 0.2) is 66.0 Å². The van der Waals surface area contributed by atoms with Gasteiger partial charge >= 0.3 is 5.97 Å². The minimum Gasteiger partial charge on any atom is -0.505 e. The first kappa shape index (κ1) is 20.9. The van der Waals surface area contributed by atoms with Crippen molar-refractivity contribution in [3.8, 4) is 5.75 Å². The van der Waals surface area contributed by atoms with Crippen LogP contribution >= 0.6 is 11.3 Å². The topological polar surface area (TPSA) is 71.5 Å². The molecule has 31 heavy (non-hydrogen) atoms. The number of benzene rings is 2. The number of phenols is 1. The van der Waals surface area contributed by atoms with Gasteiger partial charge < -0.3 is 15.2 Å². The monoisotopic (exact) mass is 432 g/mol. The Balaban J connectivity index is 1.72. The molecule has 0 saturated heterocycles. The van der Waals surface area contributed by atoms with Gasteiger partial charge in [-0.3, -0.25) is 0 Å². The molecule has 2 heterocycles. The Hall–Kier alpha value is -3.38. The molecule has 0 amide bonds. The highest BCUT2D eigenvalue weighted by Crippen LogP contribution is 2.38. The lowest BCUT2D eigenvalue weighted by Gasteiger charge is -2.21. The standard InChI is InChI=1S/C25H24N2O3S/c1-3-13-30-25(29)18-6-4-7-19(15-18)27-23(21-8-5-14-31-21)20-12-11-17-10-9-16(2)26-22(17)24(20)28/h4-12,14-15,23,27-28H,3,13H2,1-2H3. The molecule has 0 aliphatic carbocycles. The van der Waals surface area contributed by atoms with E-state index in [-0.39, 0.29) is 17.8 Å². The zero-order chi connectivity index (χ0) is 21.8. The van der Waals surface area contributed by atoms with E-state index in [9.17, 15) is 9.90 Å². The molecule has 4 aromatic rings. The maximum atomic E-state index is 12.3. The van der Waals surface area contributed by atoms with Gasteiger partial charge in [-0.1, -0.05) is 37.3 Å². The van der Waals surface area contributed by atoms with Crippen LogP contribution in [0.2, 0.25) is 0 Å². The number of hydrogen-bond donors (Lipinski definition) is 2. The SMILES string of the molecule is CCCOC(=O)c1cccc(NC(c2cccs2)c2ccc3ccc(C)nc3c2O)c1. The highest BCUT2D eigenvalue weighted by Gasteiger charge is 2.21. The summed E-state index contributed by atoms with van der Waals surface area (Å²) < 4.78 is 5.26. The Morgan fingerprint density at radius 2 is 2.00 bits per heavy atom. The van der Waals surface area contributed by atoms with Gasteiger partial charge in [-0.05, 0) is 49.1 Å². The first-order chi connectivity index (χ1) is 15.1. The second kappa shape index (κ2) is 9.18. The number of nitrogens with zero attached hydrogens (tertiary/aromatic N) is 1. The molecule has 2 aromatic carbocycles. The summed E-state index contributed by atoms with van der Waals surface area (Å²) in [6.07, 6.45) is 0.777. The quantitative estimate of drug-likeness (QED) is 0.346. The van der Waals surface area contributed by atoms with Crippen LogP contribution in [0.1, 0.15) is 45.9 Å². The number of fused-ring (bicyclic) bond motifs is 1. The van der Waals surface area contributed by atoms with Crippen LogP contribution in [0.4, 0.5) is 5.69 Å².